The van der Waals surface area contributed by atoms with Crippen molar-refractivity contribution in [2.75, 3.05) is 26.9 Å². The lowest BCUT2D eigenvalue weighted by Crippen LogP contribution is -2.70. The van der Waals surface area contributed by atoms with E-state index in [4.69, 9.17) is 28.5 Å². The largest absolute Gasteiger partial charge is 0.499 e. The molecule has 8 rings (SSSR count). The molecular weight excluding hydrogens is 811 g/mol. The Bertz CT molecular complexity index is 2170. The van der Waals surface area contributed by atoms with Crippen molar-refractivity contribution in [1.82, 2.24) is 15.3 Å². The Balaban J connectivity index is 1.14. The summed E-state index contributed by atoms with van der Waals surface area (Å²) in [5, 5.41) is 24.0. The maximum atomic E-state index is 15.8. The van der Waals surface area contributed by atoms with E-state index < -0.39 is 89.7 Å². The quantitative estimate of drug-likeness (QED) is 0.108. The fourth-order valence-electron chi connectivity index (χ4n) is 9.89. The van der Waals surface area contributed by atoms with Gasteiger partial charge in [0.2, 0.25) is 11.8 Å². The van der Waals surface area contributed by atoms with Crippen molar-refractivity contribution in [2.45, 2.75) is 120 Å². The minimum Gasteiger partial charge on any atom is -0.499 e. The third kappa shape index (κ3) is 9.00. The highest BCUT2D eigenvalue weighted by atomic mass is 16.8. The Hall–Kier alpha value is -5.16. The van der Waals surface area contributed by atoms with E-state index in [0.29, 0.717) is 12.8 Å². The van der Waals surface area contributed by atoms with Crippen molar-refractivity contribution in [2.24, 2.45) is 5.41 Å². The van der Waals surface area contributed by atoms with E-state index in [9.17, 15) is 24.6 Å². The molecule has 3 aromatic carbocycles. The molecule has 3 aromatic rings. The molecule has 4 fully saturated rings. The third-order valence-corrected chi connectivity index (χ3v) is 12.7. The molecule has 3 N–H and O–H groups in total. The van der Waals surface area contributed by atoms with Gasteiger partial charge in [-0.1, -0.05) is 78.9 Å². The first-order valence-electron chi connectivity index (χ1n) is 21.7. The minimum absolute atomic E-state index is 0.0458. The van der Waals surface area contributed by atoms with Gasteiger partial charge in [-0.25, -0.2) is 0 Å². The van der Waals surface area contributed by atoms with Gasteiger partial charge in [0.05, 0.1) is 32.1 Å². The zero-order chi connectivity index (χ0) is 44.5. The summed E-state index contributed by atoms with van der Waals surface area (Å²) in [6, 6.07) is 21.6. The van der Waals surface area contributed by atoms with Crippen molar-refractivity contribution in [3.63, 3.8) is 0 Å². The van der Waals surface area contributed by atoms with Gasteiger partial charge < -0.3 is 44.1 Å². The van der Waals surface area contributed by atoms with Crippen molar-refractivity contribution in [3.8, 4) is 0 Å². The van der Waals surface area contributed by atoms with Gasteiger partial charge >= 0.3 is 11.9 Å². The summed E-state index contributed by atoms with van der Waals surface area (Å²) in [4.78, 5) is 65.8. The highest BCUT2D eigenvalue weighted by molar-refractivity contribution is 5.96. The van der Waals surface area contributed by atoms with Gasteiger partial charge in [0.15, 0.2) is 11.8 Å². The second kappa shape index (κ2) is 18.1. The summed E-state index contributed by atoms with van der Waals surface area (Å²) in [6.07, 6.45) is 0.945. The van der Waals surface area contributed by atoms with Crippen LogP contribution in [0.2, 0.25) is 0 Å². The molecule has 15 heteroatoms. The van der Waals surface area contributed by atoms with Gasteiger partial charge in [0.1, 0.15) is 48.1 Å². The first-order valence-corrected chi connectivity index (χ1v) is 21.7. The number of aliphatic hydroxyl groups is 2. The van der Waals surface area contributed by atoms with Gasteiger partial charge in [-0.05, 0) is 61.1 Å². The van der Waals surface area contributed by atoms with Gasteiger partial charge in [-0.2, -0.15) is 5.06 Å². The second-order valence-corrected chi connectivity index (χ2v) is 18.2. The summed E-state index contributed by atoms with van der Waals surface area (Å²) in [5.41, 5.74) is 2.18. The number of hydroxylamine groups is 2. The van der Waals surface area contributed by atoms with E-state index in [1.54, 1.807) is 33.9 Å². The van der Waals surface area contributed by atoms with Crippen LogP contribution in [0.5, 0.6) is 0 Å². The van der Waals surface area contributed by atoms with Crippen LogP contribution < -0.4 is 5.32 Å². The molecule has 63 heavy (non-hydrogen) atoms. The Morgan fingerprint density at radius 1 is 0.968 bits per heavy atom. The predicted octanol–water partition coefficient (Wildman–Crippen LogP) is 3.41. The molecule has 15 nitrogen and oxygen atoms in total. The third-order valence-electron chi connectivity index (χ3n) is 12.7. The van der Waals surface area contributed by atoms with E-state index in [0.717, 1.165) is 27.8 Å². The molecule has 3 saturated heterocycles. The summed E-state index contributed by atoms with van der Waals surface area (Å²) in [5.74, 6) is -3.23. The fourth-order valence-corrected chi connectivity index (χ4v) is 9.89. The molecule has 2 amide bonds. The van der Waals surface area contributed by atoms with E-state index in [-0.39, 0.29) is 45.4 Å². The van der Waals surface area contributed by atoms with E-state index in [1.807, 2.05) is 78.9 Å². The Morgan fingerprint density at radius 3 is 2.35 bits per heavy atom. The number of fused-ring (bicyclic) bond motifs is 5. The van der Waals surface area contributed by atoms with Crippen LogP contribution in [-0.4, -0.2) is 125 Å². The molecule has 0 aromatic heterocycles. The first-order chi connectivity index (χ1) is 30.2. The number of nitrogens with zero attached hydrogens (tertiary/aromatic N) is 2. The van der Waals surface area contributed by atoms with Crippen molar-refractivity contribution in [3.05, 3.63) is 113 Å². The average molecular weight is 868 g/mol. The smallest absolute Gasteiger partial charge is 0.327 e. The second-order valence-electron chi connectivity index (χ2n) is 18.2. The van der Waals surface area contributed by atoms with E-state index in [1.165, 1.54) is 16.2 Å². The molecule has 336 valence electrons. The molecule has 2 bridgehead atoms. The van der Waals surface area contributed by atoms with Crippen molar-refractivity contribution in [1.29, 1.82) is 0 Å². The molecule has 1 spiro atoms. The van der Waals surface area contributed by atoms with E-state index >= 15 is 4.79 Å². The molecule has 0 radical (unpaired) electrons. The number of hydrogen-bond donors (Lipinski definition) is 3. The number of likely N-dealkylation sites (N-methyl/N-ethyl adjacent to an activating group) is 1. The number of esters is 2. The molecular formula is C48H57N3O12. The zero-order valence-corrected chi connectivity index (χ0v) is 36.1. The molecule has 5 aliphatic rings. The zero-order valence-electron chi connectivity index (χ0n) is 36.1. The summed E-state index contributed by atoms with van der Waals surface area (Å²) < 4.78 is 30.9. The molecule has 1 saturated carbocycles. The number of benzene rings is 3. The van der Waals surface area contributed by atoms with Crippen LogP contribution in [0.25, 0.3) is 6.08 Å². The Morgan fingerprint density at radius 2 is 1.65 bits per heavy atom. The van der Waals surface area contributed by atoms with Gasteiger partial charge in [-0.15, -0.1) is 0 Å². The number of nitrogens with one attached hydrogen (secondary N) is 1. The standard InChI is InChI=1S/C48H57N3O12/c1-46(2,3)60-38(54)19-18-35(29-53)49-43(55)36(24-30-12-6-5-7-13-30)50(4)45(57)48-27-37-39-40(62-47(61-39)25-32-15-9-10-16-33(32)26-47)42(48)63-51(41(48)44(56)59-37)28-34-17-11-8-14-31(34)20-22-58-23-21-52/h5-17,20,22,35-37,39-42,52-53H,18-19,21,23-29H2,1-4H3,(H,49,55)/t35-,36+,37+,39-,40-,41-,42+,48-/m0/s1. The maximum Gasteiger partial charge on any atom is 0.327 e. The normalized spacial score (nSPS) is 26.4. The molecule has 0 unspecified atom stereocenters. The van der Waals surface area contributed by atoms with Crippen LogP contribution in [-0.2, 0) is 73.5 Å². The Labute approximate surface area is 367 Å². The van der Waals surface area contributed by atoms with Crippen molar-refractivity contribution >= 4 is 29.8 Å². The van der Waals surface area contributed by atoms with Crippen LogP contribution in [0, 0.1) is 5.41 Å². The summed E-state index contributed by atoms with van der Waals surface area (Å²) in [6.45, 7) is 4.88. The number of rotatable bonds is 16. The number of carbonyl (C=O) groups excluding carboxylic acids is 4. The van der Waals surface area contributed by atoms with Crippen LogP contribution in [0.1, 0.15) is 67.9 Å². The lowest BCUT2D eigenvalue weighted by atomic mass is 9.62. The van der Waals surface area contributed by atoms with Crippen molar-refractivity contribution < 1.29 is 57.9 Å². The number of ether oxygens (including phenoxy) is 5. The SMILES string of the molecule is CN(C(=O)[C@@]12C[C@H]3OC(=O)[C@@H]1N(Cc1ccccc1C=COCCO)O[C@@H]2[C@H]1OC2(Cc4ccccc4C2)O[C@H]13)[C@H](Cc1ccccc1)C(=O)N[C@H](CO)CCC(=O)OC(C)(C)C. The van der Waals surface area contributed by atoms with Gasteiger partial charge in [-0.3, -0.25) is 24.0 Å². The fraction of sp³-hybridized carbons (Fsp3) is 0.500. The monoisotopic (exact) mass is 867 g/mol. The van der Waals surface area contributed by atoms with Crippen LogP contribution in [0.15, 0.2) is 85.1 Å². The average Bonchev–Trinajstić information content (AvgIpc) is 3.94. The topological polar surface area (TPSA) is 183 Å². The summed E-state index contributed by atoms with van der Waals surface area (Å²) in [7, 11) is 1.55. The minimum atomic E-state index is -1.59. The van der Waals surface area contributed by atoms with E-state index in [2.05, 4.69) is 5.32 Å². The number of amides is 2. The van der Waals surface area contributed by atoms with Gasteiger partial charge in [0.25, 0.3) is 0 Å². The maximum absolute atomic E-state index is 15.8. The van der Waals surface area contributed by atoms with Gasteiger partial charge in [0, 0.05) is 39.2 Å². The first kappa shape index (κ1) is 44.4. The molecule has 8 atom stereocenters. The summed E-state index contributed by atoms with van der Waals surface area (Å²) >= 11 is 0. The van der Waals surface area contributed by atoms with Crippen LogP contribution in [0.4, 0.5) is 0 Å². The number of aliphatic hydroxyl groups excluding tert-OH is 2. The number of hydrogen-bond acceptors (Lipinski definition) is 13. The molecule has 3 aliphatic heterocycles. The molecule has 2 aliphatic carbocycles. The number of carbonyl (C=O) groups is 4. The molecule has 3 heterocycles. The lowest BCUT2D eigenvalue weighted by molar-refractivity contribution is -0.218. The Kier molecular flexibility index (Phi) is 12.8. The highest BCUT2D eigenvalue weighted by Crippen LogP contribution is 2.59. The van der Waals surface area contributed by atoms with Crippen LogP contribution in [0.3, 0.4) is 0 Å². The predicted molar refractivity (Wildman–Crippen MR) is 227 cm³/mol. The lowest BCUT2D eigenvalue weighted by Gasteiger charge is -2.50. The van der Waals surface area contributed by atoms with Crippen LogP contribution >= 0.6 is 0 Å². The highest BCUT2D eigenvalue weighted by Gasteiger charge is 2.77.